The van der Waals surface area contributed by atoms with E-state index in [9.17, 15) is 14.7 Å². The fourth-order valence-corrected chi connectivity index (χ4v) is 4.37. The van der Waals surface area contributed by atoms with Gasteiger partial charge in [0.2, 0.25) is 0 Å². The molecule has 2 aliphatic heterocycles. The lowest BCUT2D eigenvalue weighted by molar-refractivity contribution is -0.135. The van der Waals surface area contributed by atoms with Crippen LogP contribution in [0.1, 0.15) is 54.4 Å². The fraction of sp³-hybridized carbons (Fsp3) is 0.706. The molecule has 2 aliphatic rings. The van der Waals surface area contributed by atoms with Crippen LogP contribution >= 0.6 is 0 Å². The molecule has 122 valence electrons. The van der Waals surface area contributed by atoms with Crippen LogP contribution in [0.25, 0.3) is 0 Å². The first-order valence-electron chi connectivity index (χ1n) is 7.76. The summed E-state index contributed by atoms with van der Waals surface area (Å²) < 4.78 is 0. The molecule has 0 radical (unpaired) electrons. The van der Waals surface area contributed by atoms with Gasteiger partial charge in [-0.05, 0) is 60.3 Å². The maximum atomic E-state index is 12.8. The molecule has 2 N–H and O–H groups in total. The van der Waals surface area contributed by atoms with Crippen LogP contribution in [0.3, 0.4) is 0 Å². The number of carbonyl (C=O) groups is 2. The minimum atomic E-state index is -1.17. The number of rotatable bonds is 2. The zero-order valence-electron chi connectivity index (χ0n) is 14.3. The number of carbonyl (C=O) groups excluding carboxylic acids is 1. The van der Waals surface area contributed by atoms with Gasteiger partial charge in [-0.25, -0.2) is 4.79 Å². The van der Waals surface area contributed by atoms with Crippen molar-refractivity contribution < 1.29 is 14.7 Å². The number of carboxylic acid groups (broad SMARTS) is 1. The summed E-state index contributed by atoms with van der Waals surface area (Å²) >= 11 is 0. The number of allylic oxidation sites excluding steroid dienone is 1. The molecule has 1 saturated heterocycles. The normalized spacial score (nSPS) is 28.5. The van der Waals surface area contributed by atoms with Gasteiger partial charge < -0.3 is 10.4 Å². The largest absolute Gasteiger partial charge is 0.477 e. The van der Waals surface area contributed by atoms with E-state index in [1.165, 1.54) is 0 Å². The molecule has 0 aromatic carbocycles. The van der Waals surface area contributed by atoms with Gasteiger partial charge in [-0.15, -0.1) is 0 Å². The third-order valence-electron chi connectivity index (χ3n) is 4.59. The summed E-state index contributed by atoms with van der Waals surface area (Å²) in [4.78, 5) is 28.5. The number of nitrogens with zero attached hydrogens (tertiary/aromatic N) is 1. The van der Waals surface area contributed by atoms with Gasteiger partial charge in [-0.1, -0.05) is 0 Å². The molecule has 0 spiro atoms. The highest BCUT2D eigenvalue weighted by Crippen LogP contribution is 2.40. The molecule has 0 saturated carbocycles. The van der Waals surface area contributed by atoms with Crippen molar-refractivity contribution in [3.05, 3.63) is 11.3 Å². The third kappa shape index (κ3) is 3.14. The van der Waals surface area contributed by atoms with Crippen molar-refractivity contribution >= 4 is 17.5 Å². The Balaban J connectivity index is 2.39. The van der Waals surface area contributed by atoms with Crippen LogP contribution in [0.15, 0.2) is 16.3 Å². The van der Waals surface area contributed by atoms with Gasteiger partial charge in [0.25, 0.3) is 0 Å². The topological polar surface area (TPSA) is 78.8 Å². The summed E-state index contributed by atoms with van der Waals surface area (Å²) in [5.41, 5.74) is 0.730. The minimum absolute atomic E-state index is 0.0907. The van der Waals surface area contributed by atoms with E-state index in [0.717, 1.165) is 18.6 Å². The molecule has 2 heterocycles. The molecule has 1 unspecified atom stereocenters. The molecule has 0 amide bonds. The summed E-state index contributed by atoms with van der Waals surface area (Å²) in [7, 11) is 0. The van der Waals surface area contributed by atoms with Crippen LogP contribution in [-0.4, -0.2) is 33.6 Å². The molecule has 1 atom stereocenters. The van der Waals surface area contributed by atoms with Crippen molar-refractivity contribution in [2.24, 2.45) is 16.8 Å². The standard InChI is InChI=1S/C17H26N2O3/c1-9-12(14(20)13(15(21)22)10(2)18-9)11-7-16(3,4)19-17(5,6)8-11/h11-12,19H,7-8H2,1-6H3,(H,21,22). The predicted molar refractivity (Wildman–Crippen MR) is 86.0 cm³/mol. The molecule has 0 aromatic rings. The summed E-state index contributed by atoms with van der Waals surface area (Å²) in [6.45, 7) is 11.9. The van der Waals surface area contributed by atoms with Crippen molar-refractivity contribution in [1.82, 2.24) is 5.32 Å². The van der Waals surface area contributed by atoms with Gasteiger partial charge in [0.05, 0.1) is 11.6 Å². The second-order valence-corrected chi connectivity index (χ2v) is 7.92. The number of aliphatic imine (C=N–C) groups is 1. The molecule has 0 aromatic heterocycles. The Labute approximate surface area is 131 Å². The van der Waals surface area contributed by atoms with E-state index in [1.54, 1.807) is 6.92 Å². The van der Waals surface area contributed by atoms with Crippen molar-refractivity contribution in [3.63, 3.8) is 0 Å². The van der Waals surface area contributed by atoms with Gasteiger partial charge in [0.1, 0.15) is 5.57 Å². The molecule has 5 nitrogen and oxygen atoms in total. The first kappa shape index (κ1) is 16.9. The van der Waals surface area contributed by atoms with E-state index in [1.807, 2.05) is 6.92 Å². The molecule has 0 bridgehead atoms. The Kier molecular flexibility index (Phi) is 4.07. The van der Waals surface area contributed by atoms with Gasteiger partial charge in [-0.3, -0.25) is 9.79 Å². The Morgan fingerprint density at radius 1 is 1.18 bits per heavy atom. The third-order valence-corrected chi connectivity index (χ3v) is 4.59. The number of Topliss-reactive ketones (excluding diaryl/α,β-unsaturated/α-hetero) is 1. The van der Waals surface area contributed by atoms with Gasteiger partial charge >= 0.3 is 5.97 Å². The van der Waals surface area contributed by atoms with Gasteiger partial charge in [0, 0.05) is 16.8 Å². The Morgan fingerprint density at radius 3 is 2.14 bits per heavy atom. The Morgan fingerprint density at radius 2 is 1.68 bits per heavy atom. The first-order chi connectivity index (χ1) is 9.93. The number of aliphatic carboxylic acids is 1. The van der Waals surface area contributed by atoms with E-state index in [2.05, 4.69) is 38.0 Å². The molecule has 1 fully saturated rings. The maximum absolute atomic E-state index is 12.8. The van der Waals surface area contributed by atoms with Gasteiger partial charge in [0.15, 0.2) is 5.78 Å². The number of hydrogen-bond acceptors (Lipinski definition) is 4. The first-order valence-corrected chi connectivity index (χ1v) is 7.76. The predicted octanol–water partition coefficient (Wildman–Crippen LogP) is 2.56. The summed E-state index contributed by atoms with van der Waals surface area (Å²) in [5, 5.41) is 12.9. The van der Waals surface area contributed by atoms with Crippen LogP contribution in [0.5, 0.6) is 0 Å². The lowest BCUT2D eigenvalue weighted by atomic mass is 9.67. The summed E-state index contributed by atoms with van der Waals surface area (Å²) in [6, 6.07) is 0. The Hall–Kier alpha value is -1.49. The van der Waals surface area contributed by atoms with E-state index < -0.39 is 11.9 Å². The molecule has 22 heavy (non-hydrogen) atoms. The molecule has 5 heteroatoms. The lowest BCUT2D eigenvalue weighted by Crippen LogP contribution is -2.59. The van der Waals surface area contributed by atoms with Crippen LogP contribution in [-0.2, 0) is 9.59 Å². The van der Waals surface area contributed by atoms with Crippen molar-refractivity contribution in [1.29, 1.82) is 0 Å². The van der Waals surface area contributed by atoms with Crippen molar-refractivity contribution in [2.45, 2.75) is 65.5 Å². The maximum Gasteiger partial charge on any atom is 0.341 e. The van der Waals surface area contributed by atoms with Crippen LogP contribution in [0, 0.1) is 11.8 Å². The van der Waals surface area contributed by atoms with Gasteiger partial charge in [-0.2, -0.15) is 0 Å². The summed E-state index contributed by atoms with van der Waals surface area (Å²) in [6.07, 6.45) is 1.65. The zero-order valence-corrected chi connectivity index (χ0v) is 14.3. The van der Waals surface area contributed by atoms with E-state index in [-0.39, 0.29) is 28.4 Å². The average Bonchev–Trinajstić information content (AvgIpc) is 2.21. The molecule has 0 aliphatic carbocycles. The van der Waals surface area contributed by atoms with Crippen LogP contribution in [0.2, 0.25) is 0 Å². The molecular formula is C17H26N2O3. The number of piperidine rings is 1. The zero-order chi connectivity index (χ0) is 16.9. The van der Waals surface area contributed by atoms with E-state index >= 15 is 0 Å². The fourth-order valence-electron chi connectivity index (χ4n) is 4.37. The second-order valence-electron chi connectivity index (χ2n) is 7.92. The number of ketones is 1. The average molecular weight is 306 g/mol. The summed E-state index contributed by atoms with van der Waals surface area (Å²) in [5.74, 6) is -1.77. The SMILES string of the molecule is CC1=NC(C)=C(C(=O)O)C(=O)C1C1CC(C)(C)NC(C)(C)C1. The van der Waals surface area contributed by atoms with E-state index in [4.69, 9.17) is 0 Å². The van der Waals surface area contributed by atoms with Crippen LogP contribution in [0.4, 0.5) is 0 Å². The quantitative estimate of drug-likeness (QED) is 0.769. The smallest absolute Gasteiger partial charge is 0.341 e. The minimum Gasteiger partial charge on any atom is -0.477 e. The molecule has 2 rings (SSSR count). The van der Waals surface area contributed by atoms with E-state index in [0.29, 0.717) is 5.70 Å². The van der Waals surface area contributed by atoms with Crippen LogP contribution < -0.4 is 5.32 Å². The van der Waals surface area contributed by atoms with Crippen molar-refractivity contribution in [2.75, 3.05) is 0 Å². The molecular weight excluding hydrogens is 280 g/mol. The number of nitrogens with one attached hydrogen (secondary N) is 1. The second kappa shape index (κ2) is 5.30. The Bertz CT molecular complexity index is 569. The lowest BCUT2D eigenvalue weighted by Gasteiger charge is -2.48. The van der Waals surface area contributed by atoms with Crippen molar-refractivity contribution in [3.8, 4) is 0 Å². The highest BCUT2D eigenvalue weighted by molar-refractivity contribution is 6.25. The highest BCUT2D eigenvalue weighted by atomic mass is 16.4. The highest BCUT2D eigenvalue weighted by Gasteiger charge is 2.46. The number of carboxylic acids is 1. The number of hydrogen-bond donors (Lipinski definition) is 2. The monoisotopic (exact) mass is 306 g/mol.